The maximum absolute atomic E-state index is 9.64. The molecule has 0 aliphatic carbocycles. The van der Waals surface area contributed by atoms with Crippen LogP contribution in [0.2, 0.25) is 0 Å². The number of hydrogen-bond donors (Lipinski definition) is 2. The smallest absolute Gasteiger partial charge is 0.170 e. The van der Waals surface area contributed by atoms with Gasteiger partial charge in [0, 0.05) is 6.54 Å². The molecule has 2 rings (SSSR count). The summed E-state index contributed by atoms with van der Waals surface area (Å²) in [4.78, 5) is 0. The number of aromatic nitrogens is 4. The number of rotatable bonds is 7. The highest BCUT2D eigenvalue weighted by Gasteiger charge is 2.08. The fraction of sp³-hybridized carbons (Fsp3) is 0.462. The van der Waals surface area contributed by atoms with Gasteiger partial charge in [-0.1, -0.05) is 31.5 Å². The zero-order chi connectivity index (χ0) is 13.5. The molecule has 1 aromatic heterocycles. The SMILES string of the molecule is CCCC(O)CNCc1nnnn1-c1ccccc1. The van der Waals surface area contributed by atoms with E-state index in [1.807, 2.05) is 30.3 Å². The number of hydrogen-bond acceptors (Lipinski definition) is 5. The number of para-hydroxylation sites is 1. The monoisotopic (exact) mass is 261 g/mol. The molecule has 1 aromatic carbocycles. The van der Waals surface area contributed by atoms with E-state index >= 15 is 0 Å². The van der Waals surface area contributed by atoms with Gasteiger partial charge >= 0.3 is 0 Å². The second kappa shape index (κ2) is 6.96. The second-order valence-electron chi connectivity index (χ2n) is 4.42. The summed E-state index contributed by atoms with van der Waals surface area (Å²) in [6.07, 6.45) is 1.47. The summed E-state index contributed by atoms with van der Waals surface area (Å²) in [5.41, 5.74) is 0.929. The van der Waals surface area contributed by atoms with E-state index in [0.29, 0.717) is 13.1 Å². The Hall–Kier alpha value is -1.79. The molecular formula is C13H19N5O. The minimum atomic E-state index is -0.314. The molecule has 0 aliphatic heterocycles. The van der Waals surface area contributed by atoms with Crippen molar-refractivity contribution in [1.29, 1.82) is 0 Å². The van der Waals surface area contributed by atoms with Crippen LogP contribution >= 0.6 is 0 Å². The zero-order valence-corrected chi connectivity index (χ0v) is 11.0. The Morgan fingerprint density at radius 3 is 2.84 bits per heavy atom. The highest BCUT2D eigenvalue weighted by Crippen LogP contribution is 2.06. The van der Waals surface area contributed by atoms with Crippen LogP contribution in [0.15, 0.2) is 30.3 Å². The van der Waals surface area contributed by atoms with Crippen LogP contribution in [0, 0.1) is 0 Å². The summed E-state index contributed by atoms with van der Waals surface area (Å²) in [7, 11) is 0. The summed E-state index contributed by atoms with van der Waals surface area (Å²) >= 11 is 0. The van der Waals surface area contributed by atoms with Gasteiger partial charge in [-0.3, -0.25) is 0 Å². The van der Waals surface area contributed by atoms with Gasteiger partial charge in [0.2, 0.25) is 0 Å². The van der Waals surface area contributed by atoms with Crippen molar-refractivity contribution < 1.29 is 5.11 Å². The lowest BCUT2D eigenvalue weighted by Gasteiger charge is -2.10. The fourth-order valence-corrected chi connectivity index (χ4v) is 1.87. The molecule has 2 N–H and O–H groups in total. The number of nitrogens with zero attached hydrogens (tertiary/aromatic N) is 4. The molecule has 0 aliphatic rings. The van der Waals surface area contributed by atoms with E-state index in [1.54, 1.807) is 4.68 Å². The van der Waals surface area contributed by atoms with E-state index < -0.39 is 0 Å². The standard InChI is InChI=1S/C13H19N5O/c1-2-6-12(19)9-14-10-13-15-16-17-18(13)11-7-4-3-5-8-11/h3-5,7-8,12,14,19H,2,6,9-10H2,1H3. The second-order valence-corrected chi connectivity index (χ2v) is 4.42. The molecule has 0 saturated heterocycles. The molecule has 1 unspecified atom stereocenters. The van der Waals surface area contributed by atoms with E-state index in [-0.39, 0.29) is 6.10 Å². The van der Waals surface area contributed by atoms with E-state index in [2.05, 4.69) is 27.8 Å². The van der Waals surface area contributed by atoms with Gasteiger partial charge in [-0.05, 0) is 29.0 Å². The molecule has 19 heavy (non-hydrogen) atoms. The number of aliphatic hydroxyl groups excluding tert-OH is 1. The van der Waals surface area contributed by atoms with Crippen molar-refractivity contribution in [3.63, 3.8) is 0 Å². The minimum Gasteiger partial charge on any atom is -0.392 e. The average Bonchev–Trinajstić information content (AvgIpc) is 2.88. The molecule has 6 heteroatoms. The molecule has 102 valence electrons. The van der Waals surface area contributed by atoms with Crippen molar-refractivity contribution in [2.75, 3.05) is 6.54 Å². The fourth-order valence-electron chi connectivity index (χ4n) is 1.87. The Labute approximate surface area is 112 Å². The molecule has 0 bridgehead atoms. The predicted molar refractivity (Wildman–Crippen MR) is 71.8 cm³/mol. The first kappa shape index (κ1) is 13.6. The molecule has 2 aromatic rings. The lowest BCUT2D eigenvalue weighted by molar-refractivity contribution is 0.160. The van der Waals surface area contributed by atoms with Gasteiger partial charge in [-0.25, -0.2) is 0 Å². The molecule has 0 spiro atoms. The van der Waals surface area contributed by atoms with Crippen LogP contribution in [0.5, 0.6) is 0 Å². The lowest BCUT2D eigenvalue weighted by Crippen LogP contribution is -2.27. The largest absolute Gasteiger partial charge is 0.392 e. The molecule has 0 amide bonds. The number of aliphatic hydroxyl groups is 1. The molecule has 0 saturated carbocycles. The van der Waals surface area contributed by atoms with E-state index in [1.165, 1.54) is 0 Å². The van der Waals surface area contributed by atoms with Gasteiger partial charge in [0.15, 0.2) is 5.82 Å². The van der Waals surface area contributed by atoms with Crippen LogP contribution in [0.1, 0.15) is 25.6 Å². The Bertz CT molecular complexity index is 485. The van der Waals surface area contributed by atoms with E-state index in [4.69, 9.17) is 0 Å². The zero-order valence-electron chi connectivity index (χ0n) is 11.0. The molecule has 1 heterocycles. The minimum absolute atomic E-state index is 0.314. The first-order chi connectivity index (χ1) is 9.31. The van der Waals surface area contributed by atoms with Crippen LogP contribution in [0.3, 0.4) is 0 Å². The summed E-state index contributed by atoms with van der Waals surface area (Å²) in [6.45, 7) is 3.14. The van der Waals surface area contributed by atoms with Crippen molar-refractivity contribution >= 4 is 0 Å². The van der Waals surface area contributed by atoms with Crippen LogP contribution in [-0.2, 0) is 6.54 Å². The normalized spacial score (nSPS) is 12.5. The van der Waals surface area contributed by atoms with Crippen molar-refractivity contribution in [2.24, 2.45) is 0 Å². The topological polar surface area (TPSA) is 75.9 Å². The lowest BCUT2D eigenvalue weighted by atomic mass is 10.2. The summed E-state index contributed by atoms with van der Waals surface area (Å²) < 4.78 is 1.69. The first-order valence-electron chi connectivity index (χ1n) is 6.52. The van der Waals surface area contributed by atoms with Gasteiger partial charge in [0.25, 0.3) is 0 Å². The van der Waals surface area contributed by atoms with Crippen LogP contribution in [0.4, 0.5) is 0 Å². The van der Waals surface area contributed by atoms with Crippen molar-refractivity contribution in [3.8, 4) is 5.69 Å². The Morgan fingerprint density at radius 1 is 1.32 bits per heavy atom. The summed E-state index contributed by atoms with van der Waals surface area (Å²) in [6, 6.07) is 9.74. The quantitative estimate of drug-likeness (QED) is 0.775. The third kappa shape index (κ3) is 3.84. The average molecular weight is 261 g/mol. The Balaban J connectivity index is 1.94. The van der Waals surface area contributed by atoms with Gasteiger partial charge < -0.3 is 10.4 Å². The maximum atomic E-state index is 9.64. The maximum Gasteiger partial charge on any atom is 0.170 e. The number of tetrazole rings is 1. The number of benzene rings is 1. The van der Waals surface area contributed by atoms with Crippen molar-refractivity contribution in [1.82, 2.24) is 25.5 Å². The van der Waals surface area contributed by atoms with Crippen LogP contribution in [0.25, 0.3) is 5.69 Å². The Kier molecular flexibility index (Phi) is 5.00. The van der Waals surface area contributed by atoms with Crippen LogP contribution < -0.4 is 5.32 Å². The number of nitrogens with one attached hydrogen (secondary N) is 1. The molecule has 6 nitrogen and oxygen atoms in total. The van der Waals surface area contributed by atoms with Crippen molar-refractivity contribution in [2.45, 2.75) is 32.4 Å². The van der Waals surface area contributed by atoms with Crippen LogP contribution in [-0.4, -0.2) is 38.0 Å². The Morgan fingerprint density at radius 2 is 2.11 bits per heavy atom. The molecule has 1 atom stereocenters. The molecule has 0 fully saturated rings. The van der Waals surface area contributed by atoms with E-state index in [0.717, 1.165) is 24.4 Å². The third-order valence-corrected chi connectivity index (χ3v) is 2.82. The third-order valence-electron chi connectivity index (χ3n) is 2.82. The first-order valence-corrected chi connectivity index (χ1v) is 6.52. The summed E-state index contributed by atoms with van der Waals surface area (Å²) in [5.74, 6) is 0.731. The van der Waals surface area contributed by atoms with Crippen molar-refractivity contribution in [3.05, 3.63) is 36.2 Å². The van der Waals surface area contributed by atoms with Gasteiger partial charge in [0.1, 0.15) is 0 Å². The highest BCUT2D eigenvalue weighted by molar-refractivity contribution is 5.30. The van der Waals surface area contributed by atoms with Gasteiger partial charge in [-0.15, -0.1) is 5.10 Å². The highest BCUT2D eigenvalue weighted by atomic mass is 16.3. The predicted octanol–water partition coefficient (Wildman–Crippen LogP) is 0.913. The summed E-state index contributed by atoms with van der Waals surface area (Å²) in [5, 5.41) is 24.5. The molecular weight excluding hydrogens is 242 g/mol. The molecule has 0 radical (unpaired) electrons. The van der Waals surface area contributed by atoms with Gasteiger partial charge in [0.05, 0.1) is 18.3 Å². The van der Waals surface area contributed by atoms with Gasteiger partial charge in [-0.2, -0.15) is 4.68 Å². The van der Waals surface area contributed by atoms with E-state index in [9.17, 15) is 5.11 Å².